The molecule has 0 aliphatic carbocycles. The first-order valence-corrected chi connectivity index (χ1v) is 7.24. The second-order valence-corrected chi connectivity index (χ2v) is 5.46. The number of hydrogen-bond donors (Lipinski definition) is 2. The number of rotatable bonds is 5. The maximum Gasteiger partial charge on any atom is 0.335 e. The number of hydrogen-bond acceptors (Lipinski definition) is 3. The predicted octanol–water partition coefficient (Wildman–Crippen LogP) is 3.41. The molecule has 1 atom stereocenters. The van der Waals surface area contributed by atoms with Gasteiger partial charge in [-0.1, -0.05) is 6.07 Å². The van der Waals surface area contributed by atoms with E-state index in [0.717, 1.165) is 11.1 Å². The second kappa shape index (κ2) is 6.96. The van der Waals surface area contributed by atoms with Crippen LogP contribution in [0.4, 0.5) is 5.69 Å². The van der Waals surface area contributed by atoms with E-state index in [1.54, 1.807) is 19.1 Å². The van der Waals surface area contributed by atoms with Gasteiger partial charge >= 0.3 is 5.97 Å². The molecule has 0 bridgehead atoms. The maximum absolute atomic E-state index is 12.2. The van der Waals surface area contributed by atoms with Crippen LogP contribution in [-0.4, -0.2) is 23.1 Å². The molecule has 1 unspecified atom stereocenters. The highest BCUT2D eigenvalue weighted by molar-refractivity contribution is 5.95. The molecule has 1 amide bonds. The lowest BCUT2D eigenvalue weighted by molar-refractivity contribution is -0.122. The predicted molar refractivity (Wildman–Crippen MR) is 88.0 cm³/mol. The molecule has 5 heteroatoms. The largest absolute Gasteiger partial charge is 0.481 e. The molecular formula is C18H19NO4. The summed E-state index contributed by atoms with van der Waals surface area (Å²) in [7, 11) is 0. The molecule has 2 aromatic rings. The zero-order valence-electron chi connectivity index (χ0n) is 13.3. The Morgan fingerprint density at radius 3 is 2.13 bits per heavy atom. The number of ether oxygens (including phenoxy) is 1. The maximum atomic E-state index is 12.2. The van der Waals surface area contributed by atoms with Crippen molar-refractivity contribution in [2.75, 3.05) is 5.32 Å². The van der Waals surface area contributed by atoms with E-state index in [1.165, 1.54) is 12.1 Å². The quantitative estimate of drug-likeness (QED) is 0.887. The van der Waals surface area contributed by atoms with Gasteiger partial charge in [-0.15, -0.1) is 0 Å². The molecule has 0 fully saturated rings. The molecule has 5 nitrogen and oxygen atoms in total. The van der Waals surface area contributed by atoms with Crippen LogP contribution in [0, 0.1) is 13.8 Å². The first kappa shape index (κ1) is 16.5. The van der Waals surface area contributed by atoms with Crippen molar-refractivity contribution in [3.8, 4) is 5.75 Å². The summed E-state index contributed by atoms with van der Waals surface area (Å²) in [6.07, 6.45) is -0.671. The molecule has 120 valence electrons. The summed E-state index contributed by atoms with van der Waals surface area (Å²) in [5, 5.41) is 11.5. The van der Waals surface area contributed by atoms with Gasteiger partial charge in [-0.2, -0.15) is 0 Å². The fraction of sp³-hybridized carbons (Fsp3) is 0.222. The number of anilines is 1. The molecule has 0 aliphatic heterocycles. The van der Waals surface area contributed by atoms with Gasteiger partial charge in [0.25, 0.3) is 5.91 Å². The summed E-state index contributed by atoms with van der Waals surface area (Å²) in [6, 6.07) is 11.7. The average Bonchev–Trinajstić information content (AvgIpc) is 2.46. The first-order chi connectivity index (χ1) is 10.8. The van der Waals surface area contributed by atoms with E-state index in [0.29, 0.717) is 11.4 Å². The van der Waals surface area contributed by atoms with Gasteiger partial charge in [-0.25, -0.2) is 4.79 Å². The molecule has 2 N–H and O–H groups in total. The molecule has 0 radical (unpaired) electrons. The van der Waals surface area contributed by atoms with Crippen LogP contribution in [0.15, 0.2) is 42.5 Å². The van der Waals surface area contributed by atoms with Gasteiger partial charge in [0.1, 0.15) is 5.75 Å². The number of benzene rings is 2. The molecule has 0 aromatic heterocycles. The minimum atomic E-state index is -1.01. The van der Waals surface area contributed by atoms with E-state index in [2.05, 4.69) is 5.32 Å². The Kier molecular flexibility index (Phi) is 5.01. The van der Waals surface area contributed by atoms with Gasteiger partial charge in [-0.3, -0.25) is 4.79 Å². The lowest BCUT2D eigenvalue weighted by atomic mass is 10.1. The first-order valence-electron chi connectivity index (χ1n) is 7.24. The third kappa shape index (κ3) is 4.57. The van der Waals surface area contributed by atoms with Crippen molar-refractivity contribution in [2.24, 2.45) is 0 Å². The third-order valence-corrected chi connectivity index (χ3v) is 3.28. The molecule has 0 aliphatic rings. The van der Waals surface area contributed by atoms with Crippen LogP contribution in [0.1, 0.15) is 28.4 Å². The number of amides is 1. The highest BCUT2D eigenvalue weighted by atomic mass is 16.5. The number of carbonyl (C=O) groups is 2. The Morgan fingerprint density at radius 2 is 1.61 bits per heavy atom. The molecule has 0 heterocycles. The van der Waals surface area contributed by atoms with E-state index in [4.69, 9.17) is 9.84 Å². The Hall–Kier alpha value is -2.82. The lowest BCUT2D eigenvalue weighted by Gasteiger charge is -2.15. The van der Waals surface area contributed by atoms with Crippen molar-refractivity contribution < 1.29 is 19.4 Å². The Balaban J connectivity index is 2.00. The number of aryl methyl sites for hydroxylation is 2. The lowest BCUT2D eigenvalue weighted by Crippen LogP contribution is -2.30. The van der Waals surface area contributed by atoms with Gasteiger partial charge < -0.3 is 15.2 Å². The minimum absolute atomic E-state index is 0.169. The van der Waals surface area contributed by atoms with Gasteiger partial charge in [0, 0.05) is 5.69 Å². The molecule has 2 rings (SSSR count). The number of carboxylic acid groups (broad SMARTS) is 1. The van der Waals surface area contributed by atoms with Crippen LogP contribution >= 0.6 is 0 Å². The second-order valence-electron chi connectivity index (χ2n) is 5.46. The van der Waals surface area contributed by atoms with Crippen molar-refractivity contribution in [3.63, 3.8) is 0 Å². The average molecular weight is 313 g/mol. The van der Waals surface area contributed by atoms with E-state index in [9.17, 15) is 9.59 Å². The third-order valence-electron chi connectivity index (χ3n) is 3.28. The summed E-state index contributed by atoms with van der Waals surface area (Å²) in [4.78, 5) is 22.9. The van der Waals surface area contributed by atoms with Crippen molar-refractivity contribution in [1.29, 1.82) is 0 Å². The number of carboxylic acids is 1. The van der Waals surface area contributed by atoms with Gasteiger partial charge in [0.15, 0.2) is 6.10 Å². The molecule has 0 spiro atoms. The normalized spacial score (nSPS) is 11.6. The smallest absolute Gasteiger partial charge is 0.335 e. The zero-order valence-corrected chi connectivity index (χ0v) is 13.3. The van der Waals surface area contributed by atoms with Gasteiger partial charge in [-0.05, 0) is 68.3 Å². The van der Waals surface area contributed by atoms with Crippen LogP contribution in [0.5, 0.6) is 5.75 Å². The van der Waals surface area contributed by atoms with Crippen LogP contribution in [0.3, 0.4) is 0 Å². The monoisotopic (exact) mass is 313 g/mol. The van der Waals surface area contributed by atoms with Crippen LogP contribution in [0.2, 0.25) is 0 Å². The van der Waals surface area contributed by atoms with Crippen LogP contribution in [-0.2, 0) is 4.79 Å². The standard InChI is InChI=1S/C18H19NO4/c1-11-8-12(2)10-16(9-11)23-13(3)17(20)19-15-6-4-14(5-7-15)18(21)22/h4-10,13H,1-3H3,(H,19,20)(H,21,22). The molecular weight excluding hydrogens is 294 g/mol. The van der Waals surface area contributed by atoms with E-state index in [1.807, 2.05) is 32.0 Å². The van der Waals surface area contributed by atoms with Gasteiger partial charge in [0.2, 0.25) is 0 Å². The molecule has 0 saturated carbocycles. The van der Waals surface area contributed by atoms with Crippen molar-refractivity contribution in [3.05, 3.63) is 59.2 Å². The van der Waals surface area contributed by atoms with Crippen LogP contribution in [0.25, 0.3) is 0 Å². The molecule has 0 saturated heterocycles. The number of aromatic carboxylic acids is 1. The zero-order chi connectivity index (χ0) is 17.0. The Morgan fingerprint density at radius 1 is 1.04 bits per heavy atom. The summed E-state index contributed by atoms with van der Waals surface area (Å²) in [6.45, 7) is 5.60. The van der Waals surface area contributed by atoms with Crippen molar-refractivity contribution >= 4 is 17.6 Å². The van der Waals surface area contributed by atoms with Crippen molar-refractivity contribution in [1.82, 2.24) is 0 Å². The summed E-state index contributed by atoms with van der Waals surface area (Å²) < 4.78 is 5.67. The van der Waals surface area contributed by atoms with E-state index < -0.39 is 12.1 Å². The van der Waals surface area contributed by atoms with Gasteiger partial charge in [0.05, 0.1) is 5.56 Å². The van der Waals surface area contributed by atoms with E-state index >= 15 is 0 Å². The number of carbonyl (C=O) groups excluding carboxylic acids is 1. The summed E-state index contributed by atoms with van der Waals surface area (Å²) in [5.41, 5.74) is 2.83. The van der Waals surface area contributed by atoms with Crippen LogP contribution < -0.4 is 10.1 Å². The number of nitrogens with one attached hydrogen (secondary N) is 1. The molecule has 23 heavy (non-hydrogen) atoms. The fourth-order valence-electron chi connectivity index (χ4n) is 2.20. The van der Waals surface area contributed by atoms with Crippen molar-refractivity contribution in [2.45, 2.75) is 26.9 Å². The summed E-state index contributed by atoms with van der Waals surface area (Å²) >= 11 is 0. The Bertz CT molecular complexity index is 702. The fourth-order valence-corrected chi connectivity index (χ4v) is 2.20. The topological polar surface area (TPSA) is 75.6 Å². The molecule has 2 aromatic carbocycles. The Labute approximate surface area is 134 Å². The summed E-state index contributed by atoms with van der Waals surface area (Å²) in [5.74, 6) is -0.659. The van der Waals surface area contributed by atoms with E-state index in [-0.39, 0.29) is 11.5 Å². The minimum Gasteiger partial charge on any atom is -0.481 e. The highest BCUT2D eigenvalue weighted by Gasteiger charge is 2.15. The SMILES string of the molecule is Cc1cc(C)cc(OC(C)C(=O)Nc2ccc(C(=O)O)cc2)c1. The highest BCUT2D eigenvalue weighted by Crippen LogP contribution is 2.18.